The largest absolute Gasteiger partial charge is 0.460 e. The fourth-order valence-corrected chi connectivity index (χ4v) is 2.41. The minimum absolute atomic E-state index is 0.247. The molecule has 0 bridgehead atoms. The van der Waals surface area contributed by atoms with Crippen molar-refractivity contribution in [1.82, 2.24) is 5.32 Å². The predicted molar refractivity (Wildman–Crippen MR) is 76.4 cm³/mol. The average molecular weight is 324 g/mol. The Morgan fingerprint density at radius 3 is 2.89 bits per heavy atom. The molecule has 0 unspecified atom stereocenters. The molecule has 0 radical (unpaired) electrons. The van der Waals surface area contributed by atoms with E-state index < -0.39 is 0 Å². The molecule has 1 fully saturated rings. The second-order valence-corrected chi connectivity index (χ2v) is 5.86. The standard InChI is InChI=1S/C15H15BrFNO/c1-9-6-14(17)13(16)7-12(9)15-5-4-11(19-15)8-18-10-2-3-10/h4-7,10,18H,2-3,8H2,1H3. The monoisotopic (exact) mass is 323 g/mol. The topological polar surface area (TPSA) is 25.2 Å². The summed E-state index contributed by atoms with van der Waals surface area (Å²) in [5.41, 5.74) is 1.79. The van der Waals surface area contributed by atoms with Crippen molar-refractivity contribution in [2.24, 2.45) is 0 Å². The van der Waals surface area contributed by atoms with Crippen LogP contribution in [0.25, 0.3) is 11.3 Å². The molecule has 1 aliphatic carbocycles. The first-order valence-corrected chi connectivity index (χ1v) is 7.21. The van der Waals surface area contributed by atoms with Gasteiger partial charge in [-0.2, -0.15) is 0 Å². The van der Waals surface area contributed by atoms with E-state index in [9.17, 15) is 4.39 Å². The minimum atomic E-state index is -0.247. The van der Waals surface area contributed by atoms with Gasteiger partial charge in [-0.05, 0) is 65.5 Å². The first-order valence-electron chi connectivity index (χ1n) is 6.41. The van der Waals surface area contributed by atoms with Gasteiger partial charge in [0.05, 0.1) is 11.0 Å². The van der Waals surface area contributed by atoms with E-state index in [1.807, 2.05) is 19.1 Å². The van der Waals surface area contributed by atoms with Crippen molar-refractivity contribution in [1.29, 1.82) is 0 Å². The van der Waals surface area contributed by atoms with Crippen LogP contribution in [0.15, 0.2) is 33.2 Å². The zero-order valence-corrected chi connectivity index (χ0v) is 12.3. The first-order chi connectivity index (χ1) is 9.13. The van der Waals surface area contributed by atoms with Crippen LogP contribution in [0.1, 0.15) is 24.2 Å². The molecule has 2 nitrogen and oxygen atoms in total. The third kappa shape index (κ3) is 2.90. The summed E-state index contributed by atoms with van der Waals surface area (Å²) in [5, 5.41) is 3.41. The summed E-state index contributed by atoms with van der Waals surface area (Å²) >= 11 is 3.21. The van der Waals surface area contributed by atoms with Gasteiger partial charge >= 0.3 is 0 Å². The van der Waals surface area contributed by atoms with Crippen LogP contribution >= 0.6 is 15.9 Å². The van der Waals surface area contributed by atoms with E-state index in [-0.39, 0.29) is 5.82 Å². The Bertz CT molecular complexity index is 604. The van der Waals surface area contributed by atoms with Crippen molar-refractivity contribution in [2.75, 3.05) is 0 Å². The maximum absolute atomic E-state index is 13.4. The van der Waals surface area contributed by atoms with Crippen molar-refractivity contribution in [2.45, 2.75) is 32.4 Å². The van der Waals surface area contributed by atoms with Crippen LogP contribution in [0, 0.1) is 12.7 Å². The van der Waals surface area contributed by atoms with E-state index in [0.717, 1.165) is 29.2 Å². The van der Waals surface area contributed by atoms with Gasteiger partial charge in [0.2, 0.25) is 0 Å². The van der Waals surface area contributed by atoms with Gasteiger partial charge in [-0.1, -0.05) is 0 Å². The highest BCUT2D eigenvalue weighted by Gasteiger charge is 2.20. The molecule has 4 heteroatoms. The normalized spacial score (nSPS) is 14.9. The number of aryl methyl sites for hydroxylation is 1. The SMILES string of the molecule is Cc1cc(F)c(Br)cc1-c1ccc(CNC2CC2)o1. The summed E-state index contributed by atoms with van der Waals surface area (Å²) in [5.74, 6) is 1.45. The van der Waals surface area contributed by atoms with Gasteiger partial charge in [0, 0.05) is 11.6 Å². The van der Waals surface area contributed by atoms with Crippen LogP contribution in [-0.2, 0) is 6.54 Å². The summed E-state index contributed by atoms with van der Waals surface area (Å²) in [6.45, 7) is 2.64. The highest BCUT2D eigenvalue weighted by molar-refractivity contribution is 9.10. The number of furan rings is 1. The quantitative estimate of drug-likeness (QED) is 0.901. The molecule has 1 saturated carbocycles. The summed E-state index contributed by atoms with van der Waals surface area (Å²) < 4.78 is 19.7. The molecule has 0 amide bonds. The van der Waals surface area contributed by atoms with Crippen LogP contribution < -0.4 is 5.32 Å². The maximum Gasteiger partial charge on any atom is 0.137 e. The van der Waals surface area contributed by atoms with E-state index >= 15 is 0 Å². The van der Waals surface area contributed by atoms with Crippen LogP contribution in [0.2, 0.25) is 0 Å². The number of rotatable bonds is 4. The number of halogens is 2. The van der Waals surface area contributed by atoms with Gasteiger partial charge in [0.1, 0.15) is 17.3 Å². The zero-order valence-electron chi connectivity index (χ0n) is 10.7. The molecule has 1 aliphatic rings. The predicted octanol–water partition coefficient (Wildman–Crippen LogP) is 4.41. The molecule has 3 rings (SSSR count). The molecule has 0 saturated heterocycles. The van der Waals surface area contributed by atoms with Gasteiger partial charge in [-0.3, -0.25) is 0 Å². The summed E-state index contributed by atoms with van der Waals surface area (Å²) in [6, 6.07) is 7.86. The van der Waals surface area contributed by atoms with Gasteiger partial charge in [-0.25, -0.2) is 4.39 Å². The molecule has 1 heterocycles. The molecule has 100 valence electrons. The first kappa shape index (κ1) is 12.9. The molecule has 1 N–H and O–H groups in total. The lowest BCUT2D eigenvalue weighted by molar-refractivity contribution is 0.492. The van der Waals surface area contributed by atoms with Crippen LogP contribution in [0.3, 0.4) is 0 Å². The summed E-state index contributed by atoms with van der Waals surface area (Å²) in [7, 11) is 0. The van der Waals surface area contributed by atoms with Gasteiger partial charge < -0.3 is 9.73 Å². The number of benzene rings is 1. The highest BCUT2D eigenvalue weighted by Crippen LogP contribution is 2.30. The van der Waals surface area contributed by atoms with E-state index in [2.05, 4.69) is 21.2 Å². The molecule has 19 heavy (non-hydrogen) atoms. The average Bonchev–Trinajstić information content (AvgIpc) is 3.09. The van der Waals surface area contributed by atoms with E-state index in [0.29, 0.717) is 10.5 Å². The molecule has 1 aromatic heterocycles. The summed E-state index contributed by atoms with van der Waals surface area (Å²) in [4.78, 5) is 0. The van der Waals surface area contributed by atoms with Crippen LogP contribution in [0.5, 0.6) is 0 Å². The number of hydrogen-bond acceptors (Lipinski definition) is 2. The summed E-state index contributed by atoms with van der Waals surface area (Å²) in [6.07, 6.45) is 2.52. The van der Waals surface area contributed by atoms with Crippen molar-refractivity contribution in [3.05, 3.63) is 45.9 Å². The van der Waals surface area contributed by atoms with Gasteiger partial charge in [-0.15, -0.1) is 0 Å². The lowest BCUT2D eigenvalue weighted by atomic mass is 10.1. The Hall–Kier alpha value is -1.13. The third-order valence-corrected chi connectivity index (χ3v) is 3.94. The number of hydrogen-bond donors (Lipinski definition) is 1. The van der Waals surface area contributed by atoms with Gasteiger partial charge in [0.15, 0.2) is 0 Å². The Morgan fingerprint density at radius 2 is 2.16 bits per heavy atom. The van der Waals surface area contributed by atoms with Crippen molar-refractivity contribution >= 4 is 15.9 Å². The number of nitrogens with one attached hydrogen (secondary N) is 1. The Morgan fingerprint density at radius 1 is 1.37 bits per heavy atom. The fraction of sp³-hybridized carbons (Fsp3) is 0.333. The molecule has 0 atom stereocenters. The Balaban J connectivity index is 1.83. The molecular weight excluding hydrogens is 309 g/mol. The lowest BCUT2D eigenvalue weighted by Crippen LogP contribution is -2.14. The van der Waals surface area contributed by atoms with E-state index in [4.69, 9.17) is 4.42 Å². The Kier molecular flexibility index (Phi) is 3.46. The molecule has 0 aliphatic heterocycles. The fourth-order valence-electron chi connectivity index (χ4n) is 2.06. The molecular formula is C15H15BrFNO. The van der Waals surface area contributed by atoms with Gasteiger partial charge in [0.25, 0.3) is 0 Å². The van der Waals surface area contributed by atoms with Crippen molar-refractivity contribution < 1.29 is 8.81 Å². The van der Waals surface area contributed by atoms with Crippen LogP contribution in [-0.4, -0.2) is 6.04 Å². The van der Waals surface area contributed by atoms with E-state index in [1.54, 1.807) is 6.07 Å². The van der Waals surface area contributed by atoms with Crippen molar-refractivity contribution in [3.63, 3.8) is 0 Å². The zero-order chi connectivity index (χ0) is 13.4. The molecule has 0 spiro atoms. The van der Waals surface area contributed by atoms with Crippen molar-refractivity contribution in [3.8, 4) is 11.3 Å². The Labute approximate surface area is 120 Å². The molecule has 2 aromatic rings. The third-order valence-electron chi connectivity index (χ3n) is 3.34. The minimum Gasteiger partial charge on any atom is -0.460 e. The maximum atomic E-state index is 13.4. The molecule has 1 aromatic carbocycles. The second-order valence-electron chi connectivity index (χ2n) is 5.00. The van der Waals surface area contributed by atoms with Crippen LogP contribution in [0.4, 0.5) is 4.39 Å². The smallest absolute Gasteiger partial charge is 0.137 e. The lowest BCUT2D eigenvalue weighted by Gasteiger charge is -2.05. The highest BCUT2D eigenvalue weighted by atomic mass is 79.9. The second kappa shape index (κ2) is 5.10. The van der Waals surface area contributed by atoms with E-state index in [1.165, 1.54) is 18.9 Å².